The van der Waals surface area contributed by atoms with Crippen LogP contribution < -0.4 is 0 Å². The van der Waals surface area contributed by atoms with Gasteiger partial charge in [0.05, 0.1) is 5.01 Å². The van der Waals surface area contributed by atoms with E-state index in [0.29, 0.717) is 0 Å². The van der Waals surface area contributed by atoms with Crippen LogP contribution in [0.4, 0.5) is 0 Å². The Balaban J connectivity index is 2.58. The highest BCUT2D eigenvalue weighted by atomic mass is 32.1. The van der Waals surface area contributed by atoms with Crippen molar-refractivity contribution in [2.75, 3.05) is 0 Å². The van der Waals surface area contributed by atoms with E-state index < -0.39 is 7.12 Å². The van der Waals surface area contributed by atoms with Crippen LogP contribution in [0.2, 0.25) is 0 Å². The van der Waals surface area contributed by atoms with Gasteiger partial charge in [0.2, 0.25) is 0 Å². The molecule has 10 heavy (non-hydrogen) atoms. The molecule has 0 atom stereocenters. The number of hydrogen-bond acceptors (Lipinski definition) is 4. The lowest BCUT2D eigenvalue weighted by atomic mass is 9.87. The second kappa shape index (κ2) is 3.14. The number of thiazole rings is 1. The van der Waals surface area contributed by atoms with Crippen molar-refractivity contribution in [2.24, 2.45) is 0 Å². The van der Waals surface area contributed by atoms with Gasteiger partial charge in [-0.1, -0.05) is 0 Å². The molecule has 3 nitrogen and oxygen atoms in total. The van der Waals surface area contributed by atoms with E-state index in [0.717, 1.165) is 10.7 Å². The summed E-state index contributed by atoms with van der Waals surface area (Å²) in [4.78, 5) is 4.05. The van der Waals surface area contributed by atoms with Gasteiger partial charge in [0.1, 0.15) is 0 Å². The number of aryl methyl sites for hydroxylation is 1. The van der Waals surface area contributed by atoms with Crippen LogP contribution in [0.3, 0.4) is 0 Å². The summed E-state index contributed by atoms with van der Waals surface area (Å²) in [7, 11) is -1.27. The zero-order chi connectivity index (χ0) is 7.56. The highest BCUT2D eigenvalue weighted by Crippen LogP contribution is 2.08. The lowest BCUT2D eigenvalue weighted by molar-refractivity contribution is 0.405. The Morgan fingerprint density at radius 1 is 1.70 bits per heavy atom. The van der Waals surface area contributed by atoms with Crippen molar-refractivity contribution in [1.29, 1.82) is 0 Å². The Kier molecular flexibility index (Phi) is 2.42. The molecule has 1 rings (SSSR count). The average Bonchev–Trinajstić information content (AvgIpc) is 2.13. The van der Waals surface area contributed by atoms with Crippen molar-refractivity contribution in [3.05, 3.63) is 16.1 Å². The van der Waals surface area contributed by atoms with Crippen molar-refractivity contribution < 1.29 is 10.0 Å². The zero-order valence-electron chi connectivity index (χ0n) is 5.61. The average molecular weight is 157 g/mol. The lowest BCUT2D eigenvalue weighted by Gasteiger charge is -1.90. The van der Waals surface area contributed by atoms with Crippen molar-refractivity contribution in [3.8, 4) is 0 Å². The number of nitrogens with zero attached hydrogens (tertiary/aromatic N) is 1. The topological polar surface area (TPSA) is 53.4 Å². The Hall–Kier alpha value is -0.385. The first-order chi connectivity index (χ1) is 4.68. The van der Waals surface area contributed by atoms with E-state index in [1.54, 1.807) is 0 Å². The summed E-state index contributed by atoms with van der Waals surface area (Å²) in [6.07, 6.45) is 0.235. The van der Waals surface area contributed by atoms with Crippen LogP contribution in [0, 0.1) is 6.92 Å². The lowest BCUT2D eigenvalue weighted by Crippen LogP contribution is -2.14. The first kappa shape index (κ1) is 7.72. The highest BCUT2D eigenvalue weighted by molar-refractivity contribution is 7.09. The molecule has 0 aliphatic carbocycles. The SMILES string of the molecule is Cc1csc(CB(O)O)n1. The summed E-state index contributed by atoms with van der Waals surface area (Å²) in [6, 6.07) is 0. The van der Waals surface area contributed by atoms with Gasteiger partial charge in [-0.3, -0.25) is 0 Å². The molecule has 54 valence electrons. The second-order valence-electron chi connectivity index (χ2n) is 2.07. The molecular weight excluding hydrogens is 149 g/mol. The summed E-state index contributed by atoms with van der Waals surface area (Å²) in [6.45, 7) is 1.88. The van der Waals surface area contributed by atoms with Crippen LogP contribution in [0.25, 0.3) is 0 Å². The van der Waals surface area contributed by atoms with E-state index in [2.05, 4.69) is 4.98 Å². The fourth-order valence-corrected chi connectivity index (χ4v) is 1.45. The van der Waals surface area contributed by atoms with Crippen molar-refractivity contribution in [2.45, 2.75) is 13.2 Å². The summed E-state index contributed by atoms with van der Waals surface area (Å²) in [5.74, 6) is 0. The molecule has 0 fully saturated rings. The fourth-order valence-electron chi connectivity index (χ4n) is 0.653. The summed E-state index contributed by atoms with van der Waals surface area (Å²) in [5, 5.41) is 19.7. The van der Waals surface area contributed by atoms with Crippen LogP contribution in [-0.4, -0.2) is 22.2 Å². The molecule has 0 aromatic carbocycles. The molecular formula is C5H8BNO2S. The smallest absolute Gasteiger partial charge is 0.427 e. The molecule has 0 saturated heterocycles. The Bertz CT molecular complexity index is 213. The minimum absolute atomic E-state index is 0.235. The Labute approximate surface area is 63.5 Å². The van der Waals surface area contributed by atoms with Gasteiger partial charge in [0, 0.05) is 17.4 Å². The van der Waals surface area contributed by atoms with Gasteiger partial charge in [0.25, 0.3) is 0 Å². The van der Waals surface area contributed by atoms with Crippen LogP contribution in [-0.2, 0) is 6.32 Å². The molecule has 1 aromatic rings. The zero-order valence-corrected chi connectivity index (χ0v) is 6.43. The van der Waals surface area contributed by atoms with E-state index in [-0.39, 0.29) is 6.32 Å². The second-order valence-corrected chi connectivity index (χ2v) is 3.01. The van der Waals surface area contributed by atoms with Crippen LogP contribution in [0.1, 0.15) is 10.7 Å². The molecule has 0 radical (unpaired) electrons. The normalized spacial score (nSPS) is 9.90. The van der Waals surface area contributed by atoms with E-state index in [1.807, 2.05) is 12.3 Å². The molecule has 0 amide bonds. The first-order valence-electron chi connectivity index (χ1n) is 2.95. The van der Waals surface area contributed by atoms with Crippen LogP contribution in [0.5, 0.6) is 0 Å². The molecule has 1 aromatic heterocycles. The van der Waals surface area contributed by atoms with Crippen LogP contribution in [0.15, 0.2) is 5.38 Å². The third kappa shape index (κ3) is 2.09. The van der Waals surface area contributed by atoms with Gasteiger partial charge >= 0.3 is 7.12 Å². The predicted molar refractivity (Wildman–Crippen MR) is 40.7 cm³/mol. The molecule has 1 heterocycles. The maximum Gasteiger partial charge on any atom is 0.458 e. The fraction of sp³-hybridized carbons (Fsp3) is 0.400. The van der Waals surface area contributed by atoms with E-state index in [1.165, 1.54) is 11.3 Å². The van der Waals surface area contributed by atoms with Crippen molar-refractivity contribution in [1.82, 2.24) is 4.98 Å². The predicted octanol–water partition coefficient (Wildman–Crippen LogP) is 0.00602. The van der Waals surface area contributed by atoms with E-state index in [9.17, 15) is 0 Å². The maximum atomic E-state index is 8.54. The molecule has 0 aliphatic rings. The summed E-state index contributed by atoms with van der Waals surface area (Å²) in [5.41, 5.74) is 0.931. The van der Waals surface area contributed by atoms with Gasteiger partial charge in [0.15, 0.2) is 0 Å². The third-order valence-electron chi connectivity index (χ3n) is 1.02. The minimum atomic E-state index is -1.27. The van der Waals surface area contributed by atoms with E-state index >= 15 is 0 Å². The molecule has 0 bridgehead atoms. The van der Waals surface area contributed by atoms with Crippen molar-refractivity contribution >= 4 is 18.5 Å². The summed E-state index contributed by atoms with van der Waals surface area (Å²) < 4.78 is 0. The Morgan fingerprint density at radius 2 is 2.40 bits per heavy atom. The molecule has 0 spiro atoms. The number of hydrogen-bond donors (Lipinski definition) is 2. The molecule has 0 saturated carbocycles. The highest BCUT2D eigenvalue weighted by Gasteiger charge is 2.09. The monoisotopic (exact) mass is 157 g/mol. The quantitative estimate of drug-likeness (QED) is 0.594. The summed E-state index contributed by atoms with van der Waals surface area (Å²) >= 11 is 1.45. The van der Waals surface area contributed by atoms with Crippen molar-refractivity contribution in [3.63, 3.8) is 0 Å². The third-order valence-corrected chi connectivity index (χ3v) is 2.01. The molecule has 5 heteroatoms. The van der Waals surface area contributed by atoms with Gasteiger partial charge in [-0.05, 0) is 6.92 Å². The molecule has 2 N–H and O–H groups in total. The Morgan fingerprint density at radius 3 is 2.80 bits per heavy atom. The standard InChI is InChI=1S/C5H8BNO2S/c1-4-3-10-5(7-4)2-6(8)9/h3,8-9H,2H2,1H3. The minimum Gasteiger partial charge on any atom is -0.427 e. The maximum absolute atomic E-state index is 8.54. The van der Waals surface area contributed by atoms with Gasteiger partial charge in [-0.15, -0.1) is 11.3 Å². The van der Waals surface area contributed by atoms with E-state index in [4.69, 9.17) is 10.0 Å². The van der Waals surface area contributed by atoms with Gasteiger partial charge in [-0.2, -0.15) is 0 Å². The molecule has 0 unspecified atom stereocenters. The van der Waals surface area contributed by atoms with Crippen LogP contribution >= 0.6 is 11.3 Å². The first-order valence-corrected chi connectivity index (χ1v) is 3.83. The van der Waals surface area contributed by atoms with Gasteiger partial charge in [-0.25, -0.2) is 4.98 Å². The van der Waals surface area contributed by atoms with Gasteiger partial charge < -0.3 is 10.0 Å². The largest absolute Gasteiger partial charge is 0.458 e. The molecule has 0 aliphatic heterocycles. The number of aromatic nitrogens is 1. The number of rotatable bonds is 2.